The molecular formula is C18H20ClFN2O6. The molecule has 28 heavy (non-hydrogen) atoms. The summed E-state index contributed by atoms with van der Waals surface area (Å²) < 4.78 is 35.3. The Labute approximate surface area is 165 Å². The first-order valence-corrected chi connectivity index (χ1v) is 8.50. The monoisotopic (exact) mass is 414 g/mol. The maximum absolute atomic E-state index is 14.4. The van der Waals surface area contributed by atoms with Crippen molar-refractivity contribution < 1.29 is 27.8 Å². The van der Waals surface area contributed by atoms with Gasteiger partial charge in [0.1, 0.15) is 23.8 Å². The van der Waals surface area contributed by atoms with Crippen LogP contribution in [0, 0.1) is 5.82 Å². The third-order valence-electron chi connectivity index (χ3n) is 3.53. The molecule has 0 aliphatic rings. The van der Waals surface area contributed by atoms with Gasteiger partial charge in [0.2, 0.25) is 5.89 Å². The average molecular weight is 415 g/mol. The number of halogens is 2. The van der Waals surface area contributed by atoms with Gasteiger partial charge in [-0.05, 0) is 6.07 Å². The van der Waals surface area contributed by atoms with Crippen LogP contribution in [0.15, 0.2) is 33.2 Å². The van der Waals surface area contributed by atoms with Crippen LogP contribution in [0.3, 0.4) is 0 Å². The second kappa shape index (κ2) is 8.47. The topological polar surface area (TPSA) is 92.8 Å². The molecule has 8 nitrogen and oxygen atoms in total. The van der Waals surface area contributed by atoms with E-state index in [1.165, 1.54) is 20.3 Å². The van der Waals surface area contributed by atoms with Crippen molar-refractivity contribution in [2.24, 2.45) is 0 Å². The molecule has 1 heterocycles. The van der Waals surface area contributed by atoms with Gasteiger partial charge in [0.05, 0.1) is 25.3 Å². The van der Waals surface area contributed by atoms with E-state index < -0.39 is 23.0 Å². The number of aromatic nitrogens is 2. The molecule has 1 aromatic carbocycles. The Balaban J connectivity index is 2.38. The summed E-state index contributed by atoms with van der Waals surface area (Å²) in [5, 5.41) is 4.01. The first-order chi connectivity index (χ1) is 13.1. The quantitative estimate of drug-likeness (QED) is 0.407. The maximum Gasteiger partial charge on any atom is 0.442 e. The molecule has 0 aliphatic carbocycles. The van der Waals surface area contributed by atoms with E-state index in [1.54, 1.807) is 20.8 Å². The normalized spacial score (nSPS) is 12.0. The van der Waals surface area contributed by atoms with Crippen LogP contribution in [0.1, 0.15) is 26.7 Å². The third-order valence-corrected chi connectivity index (χ3v) is 3.83. The van der Waals surface area contributed by atoms with E-state index in [2.05, 4.69) is 9.84 Å². The Kier molecular flexibility index (Phi) is 6.50. The number of rotatable bonds is 6. The van der Waals surface area contributed by atoms with E-state index >= 15 is 0 Å². The Bertz CT molecular complexity index is 958. The van der Waals surface area contributed by atoms with E-state index in [0.717, 1.165) is 16.8 Å². The molecule has 1 aromatic heterocycles. The summed E-state index contributed by atoms with van der Waals surface area (Å²) in [6.45, 7) is 5.22. The number of esters is 1. The van der Waals surface area contributed by atoms with Crippen LogP contribution < -0.4 is 10.5 Å². The minimum atomic E-state index is -0.847. The summed E-state index contributed by atoms with van der Waals surface area (Å²) in [6, 6.07) is 2.19. The number of benzene rings is 1. The minimum Gasteiger partial charge on any atom is -0.497 e. The third kappa shape index (κ3) is 4.92. The summed E-state index contributed by atoms with van der Waals surface area (Å²) in [7, 11) is 2.57. The van der Waals surface area contributed by atoms with Crippen LogP contribution in [0.25, 0.3) is 5.69 Å². The molecule has 10 heteroatoms. The fraction of sp³-hybridized carbons (Fsp3) is 0.389. The standard InChI is InChI=1S/C18H20ClFN2O6/c1-18(2,3)16-21-22(17(24)28-16)13-8-14(11(19)7-12(13)20)27-9-10(25-4)6-15(23)26-5/h6-8H,9H2,1-5H3. The highest BCUT2D eigenvalue weighted by molar-refractivity contribution is 6.32. The van der Waals surface area contributed by atoms with Crippen LogP contribution in [0.4, 0.5) is 4.39 Å². The minimum absolute atomic E-state index is 0.0395. The van der Waals surface area contributed by atoms with Crippen molar-refractivity contribution in [3.8, 4) is 11.4 Å². The van der Waals surface area contributed by atoms with Gasteiger partial charge in [0.15, 0.2) is 5.82 Å². The van der Waals surface area contributed by atoms with Crippen LogP contribution in [-0.4, -0.2) is 36.6 Å². The van der Waals surface area contributed by atoms with Crippen LogP contribution in [0.2, 0.25) is 5.02 Å². The molecule has 0 aliphatic heterocycles. The van der Waals surface area contributed by atoms with E-state index in [1.807, 2.05) is 0 Å². The van der Waals surface area contributed by atoms with Crippen molar-refractivity contribution in [3.63, 3.8) is 0 Å². The smallest absolute Gasteiger partial charge is 0.442 e. The van der Waals surface area contributed by atoms with Crippen LogP contribution in [0.5, 0.6) is 5.75 Å². The van der Waals surface area contributed by atoms with E-state index in [0.29, 0.717) is 0 Å². The number of hydrogen-bond donors (Lipinski definition) is 0. The van der Waals surface area contributed by atoms with Gasteiger partial charge in [-0.1, -0.05) is 32.4 Å². The van der Waals surface area contributed by atoms with Crippen molar-refractivity contribution in [1.29, 1.82) is 0 Å². The SMILES string of the molecule is COC(=O)C=C(COc1cc(-n2nc(C(C)(C)C)oc2=O)c(F)cc1Cl)OC. The molecule has 0 bridgehead atoms. The Morgan fingerprint density at radius 1 is 1.32 bits per heavy atom. The van der Waals surface area contributed by atoms with Gasteiger partial charge in [-0.25, -0.2) is 14.0 Å². The molecule has 0 radical (unpaired) electrons. The zero-order valence-corrected chi connectivity index (χ0v) is 16.8. The molecule has 0 unspecified atom stereocenters. The lowest BCUT2D eigenvalue weighted by Gasteiger charge is -2.12. The van der Waals surface area contributed by atoms with Crippen molar-refractivity contribution in [2.45, 2.75) is 26.2 Å². The van der Waals surface area contributed by atoms with Crippen molar-refractivity contribution in [2.75, 3.05) is 20.8 Å². The second-order valence-corrected chi connectivity index (χ2v) is 7.10. The number of nitrogens with zero attached hydrogens (tertiary/aromatic N) is 2. The molecule has 0 atom stereocenters. The predicted molar refractivity (Wildman–Crippen MR) is 98.4 cm³/mol. The molecule has 2 rings (SSSR count). The maximum atomic E-state index is 14.4. The second-order valence-electron chi connectivity index (χ2n) is 6.70. The molecule has 2 aromatic rings. The zero-order chi connectivity index (χ0) is 21.1. The molecule has 0 amide bonds. The van der Waals surface area contributed by atoms with E-state index in [4.69, 9.17) is 25.5 Å². The van der Waals surface area contributed by atoms with Crippen molar-refractivity contribution >= 4 is 17.6 Å². The lowest BCUT2D eigenvalue weighted by molar-refractivity contribution is -0.135. The summed E-state index contributed by atoms with van der Waals surface area (Å²) >= 11 is 6.02. The fourth-order valence-corrected chi connectivity index (χ4v) is 2.23. The largest absolute Gasteiger partial charge is 0.497 e. The molecule has 0 fully saturated rings. The molecule has 0 saturated heterocycles. The fourth-order valence-electron chi connectivity index (χ4n) is 2.02. The molecule has 0 saturated carbocycles. The van der Waals surface area contributed by atoms with Crippen LogP contribution in [-0.2, 0) is 19.7 Å². The predicted octanol–water partition coefficient (Wildman–Crippen LogP) is 3.00. The zero-order valence-electron chi connectivity index (χ0n) is 16.0. The first kappa shape index (κ1) is 21.5. The lowest BCUT2D eigenvalue weighted by atomic mass is 9.97. The van der Waals surface area contributed by atoms with Crippen molar-refractivity contribution in [3.05, 3.63) is 51.2 Å². The van der Waals surface area contributed by atoms with Gasteiger partial charge in [0, 0.05) is 11.5 Å². The van der Waals surface area contributed by atoms with Crippen LogP contribution >= 0.6 is 11.6 Å². The average Bonchev–Trinajstić information content (AvgIpc) is 3.01. The molecule has 0 spiro atoms. The summed E-state index contributed by atoms with van der Waals surface area (Å²) in [5.74, 6) is -1.90. The number of carbonyl (C=O) groups is 1. The van der Waals surface area contributed by atoms with E-state index in [-0.39, 0.29) is 34.7 Å². The number of carbonyl (C=O) groups excluding carboxylic acids is 1. The highest BCUT2D eigenvalue weighted by atomic mass is 35.5. The number of ether oxygens (including phenoxy) is 3. The van der Waals surface area contributed by atoms with Gasteiger partial charge in [0.25, 0.3) is 0 Å². The first-order valence-electron chi connectivity index (χ1n) is 8.12. The lowest BCUT2D eigenvalue weighted by Crippen LogP contribution is -2.16. The van der Waals surface area contributed by atoms with Gasteiger partial charge in [-0.15, -0.1) is 5.10 Å². The number of hydrogen-bond acceptors (Lipinski definition) is 7. The van der Waals surface area contributed by atoms with E-state index in [9.17, 15) is 14.0 Å². The highest BCUT2D eigenvalue weighted by Gasteiger charge is 2.24. The molecule has 152 valence electrons. The molecule has 0 N–H and O–H groups in total. The Morgan fingerprint density at radius 2 is 2.00 bits per heavy atom. The Hall–Kier alpha value is -2.81. The van der Waals surface area contributed by atoms with Gasteiger partial charge in [-0.2, -0.15) is 4.68 Å². The summed E-state index contributed by atoms with van der Waals surface area (Å²) in [6.07, 6.45) is 1.09. The van der Waals surface area contributed by atoms with Gasteiger partial charge < -0.3 is 18.6 Å². The van der Waals surface area contributed by atoms with Gasteiger partial charge in [-0.3, -0.25) is 0 Å². The molecular weight excluding hydrogens is 395 g/mol. The highest BCUT2D eigenvalue weighted by Crippen LogP contribution is 2.30. The number of methoxy groups -OCH3 is 2. The summed E-state index contributed by atoms with van der Waals surface area (Å²) in [4.78, 5) is 23.4. The Morgan fingerprint density at radius 3 is 2.54 bits per heavy atom. The van der Waals surface area contributed by atoms with Gasteiger partial charge >= 0.3 is 11.7 Å². The van der Waals surface area contributed by atoms with Crippen molar-refractivity contribution in [1.82, 2.24) is 9.78 Å². The summed E-state index contributed by atoms with van der Waals surface area (Å²) in [5.41, 5.74) is -0.738.